The van der Waals surface area contributed by atoms with Crippen molar-refractivity contribution in [2.45, 2.75) is 49.2 Å². The van der Waals surface area contributed by atoms with Gasteiger partial charge in [-0.25, -0.2) is 9.59 Å². The number of rotatable bonds is 14. The molecule has 246 valence electrons. The van der Waals surface area contributed by atoms with E-state index in [2.05, 4.69) is 6.58 Å². The molecule has 0 saturated carbocycles. The Morgan fingerprint density at radius 2 is 1.91 bits per heavy atom. The zero-order valence-electron chi connectivity index (χ0n) is 23.7. The number of hydrogen-bond acceptors (Lipinski definition) is 14. The summed E-state index contributed by atoms with van der Waals surface area (Å²) in [5, 5.41) is 87.9. The normalized spacial score (nSPS) is 32.6. The van der Waals surface area contributed by atoms with Gasteiger partial charge in [0.15, 0.2) is 12.4 Å². The Hall–Kier alpha value is -3.00. The van der Waals surface area contributed by atoms with Gasteiger partial charge in [0.05, 0.1) is 50.3 Å². The van der Waals surface area contributed by atoms with Crippen molar-refractivity contribution in [3.8, 4) is 0 Å². The first-order valence-electron chi connectivity index (χ1n) is 13.8. The summed E-state index contributed by atoms with van der Waals surface area (Å²) in [6.07, 6.45) is -1.81. The summed E-state index contributed by atoms with van der Waals surface area (Å²) in [6.45, 7) is 2.51. The molecule has 0 aromatic rings. The Morgan fingerprint density at radius 1 is 1.18 bits per heavy atom. The van der Waals surface area contributed by atoms with Crippen molar-refractivity contribution >= 4 is 11.9 Å². The Labute approximate surface area is 252 Å². The molecule has 9 atom stereocenters. The molecular weight excluding hydrogens is 590 g/mol. The fraction of sp³-hybridized carbons (Fsp3) is 0.571. The number of carbonyl (C=O) groups excluding carboxylic acids is 1. The van der Waals surface area contributed by atoms with Crippen molar-refractivity contribution < 1.29 is 79.4 Å². The standard InChI is InChI=1S/C28H39NO15/c1-2-18-19(4-3-15-9-16(24(36)37)11-29(10-15)6-7-30)20(25(38)41-8-5-17(33)12-31)14-42-26(18)44-27-23(35)28(39,40)22(34)21(13-32)43-27/h2-4,9,11,14,17-19,21-23,26-27,30-35,39-40H,1,5-8,10,12-13H2,(H,36,37)/p+1/b4-3+/t17-,18+,19-,21+,22+,23-,26-,27-/m0/s1. The van der Waals surface area contributed by atoms with Crippen molar-refractivity contribution in [2.24, 2.45) is 11.8 Å². The van der Waals surface area contributed by atoms with Crippen LogP contribution >= 0.6 is 0 Å². The van der Waals surface area contributed by atoms with Crippen molar-refractivity contribution in [3.05, 3.63) is 60.1 Å². The molecule has 0 aromatic carbocycles. The summed E-state index contributed by atoms with van der Waals surface area (Å²) in [5.74, 6) is -7.01. The van der Waals surface area contributed by atoms with Crippen LogP contribution in [-0.2, 0) is 28.5 Å². The van der Waals surface area contributed by atoms with E-state index in [4.69, 9.17) is 24.1 Å². The number of allylic oxidation sites excluding steroid dienone is 1. The molecule has 0 radical (unpaired) electrons. The van der Waals surface area contributed by atoms with E-state index in [0.29, 0.717) is 17.0 Å². The number of carboxylic acids is 1. The Kier molecular flexibility index (Phi) is 12.8. The minimum Gasteiger partial charge on any atom is -0.477 e. The van der Waals surface area contributed by atoms with Gasteiger partial charge in [0.25, 0.3) is 0 Å². The van der Waals surface area contributed by atoms with Crippen molar-refractivity contribution in [1.29, 1.82) is 0 Å². The van der Waals surface area contributed by atoms with Crippen LogP contribution in [0.25, 0.3) is 0 Å². The highest BCUT2D eigenvalue weighted by Gasteiger charge is 2.56. The van der Waals surface area contributed by atoms with E-state index >= 15 is 0 Å². The Morgan fingerprint density at radius 3 is 2.52 bits per heavy atom. The number of carboxylic acid groups (broad SMARTS) is 1. The van der Waals surface area contributed by atoms with E-state index in [0.717, 1.165) is 6.26 Å². The van der Waals surface area contributed by atoms with Crippen LogP contribution in [0.5, 0.6) is 0 Å². The monoisotopic (exact) mass is 630 g/mol. The molecule has 1 unspecified atom stereocenters. The summed E-state index contributed by atoms with van der Waals surface area (Å²) < 4.78 is 21.9. The van der Waals surface area contributed by atoms with Crippen LogP contribution in [0.3, 0.4) is 0 Å². The summed E-state index contributed by atoms with van der Waals surface area (Å²) in [5.41, 5.74) is 0.489. The van der Waals surface area contributed by atoms with Crippen LogP contribution in [-0.4, -0.2) is 140 Å². The minimum absolute atomic E-state index is 0.00836. The smallest absolute Gasteiger partial charge is 0.341 e. The van der Waals surface area contributed by atoms with Crippen LogP contribution in [0.1, 0.15) is 6.42 Å². The summed E-state index contributed by atoms with van der Waals surface area (Å²) in [4.78, 5) is 25.4. The van der Waals surface area contributed by atoms with Gasteiger partial charge in [-0.3, -0.25) is 0 Å². The van der Waals surface area contributed by atoms with Gasteiger partial charge in [0.2, 0.25) is 12.1 Å². The predicted molar refractivity (Wildman–Crippen MR) is 146 cm³/mol. The third-order valence-electron chi connectivity index (χ3n) is 7.39. The molecule has 1 fully saturated rings. The zero-order valence-corrected chi connectivity index (χ0v) is 23.7. The van der Waals surface area contributed by atoms with Gasteiger partial charge in [-0.15, -0.1) is 6.58 Å². The maximum absolute atomic E-state index is 13.1. The van der Waals surface area contributed by atoms with Crippen molar-refractivity contribution in [2.75, 3.05) is 39.5 Å². The molecule has 0 spiro atoms. The third kappa shape index (κ3) is 8.38. The Balaban J connectivity index is 1.92. The third-order valence-corrected chi connectivity index (χ3v) is 7.39. The molecule has 0 aromatic heterocycles. The second kappa shape index (κ2) is 15.8. The number of hydrogen-bond donors (Lipinski definition) is 10. The molecule has 3 rings (SSSR count). The van der Waals surface area contributed by atoms with Gasteiger partial charge in [0.1, 0.15) is 37.1 Å². The van der Waals surface area contributed by atoms with Crippen molar-refractivity contribution in [1.82, 2.24) is 0 Å². The molecule has 3 aliphatic heterocycles. The lowest BCUT2D eigenvalue weighted by Crippen LogP contribution is -3.08. The van der Waals surface area contributed by atoms with E-state index in [-0.39, 0.29) is 37.3 Å². The van der Waals surface area contributed by atoms with E-state index in [1.54, 1.807) is 12.2 Å². The number of aliphatic hydroxyl groups is 8. The molecule has 16 heteroatoms. The van der Waals surface area contributed by atoms with Crippen LogP contribution < -0.4 is 4.90 Å². The van der Waals surface area contributed by atoms with Crippen LogP contribution in [0.2, 0.25) is 0 Å². The molecular formula is C28H40NO15+. The molecule has 3 aliphatic rings. The minimum atomic E-state index is -3.12. The summed E-state index contributed by atoms with van der Waals surface area (Å²) in [6, 6.07) is 0. The lowest BCUT2D eigenvalue weighted by Gasteiger charge is -2.46. The Bertz CT molecular complexity index is 1150. The van der Waals surface area contributed by atoms with E-state index in [1.165, 1.54) is 18.4 Å². The highest BCUT2D eigenvalue weighted by molar-refractivity contribution is 5.90. The van der Waals surface area contributed by atoms with Gasteiger partial charge < -0.3 is 69.8 Å². The lowest BCUT2D eigenvalue weighted by molar-refractivity contribution is -0.842. The molecule has 3 heterocycles. The van der Waals surface area contributed by atoms with Crippen LogP contribution in [0.4, 0.5) is 0 Å². The van der Waals surface area contributed by atoms with Crippen LogP contribution in [0, 0.1) is 11.8 Å². The fourth-order valence-electron chi connectivity index (χ4n) is 4.88. The SMILES string of the molecule is C=C[C@H]1[C@H](O[C@@H]2O[C@H](CO)[C@@H](O)C(O)(O)[C@H]2O)OC=C(C(=O)OCC[C@H](O)CO)[C@H]1/C=C/C1=CC(C(=O)O)=C[NH+](CCO)C1. The van der Waals surface area contributed by atoms with E-state index in [1.807, 2.05) is 0 Å². The second-order valence-corrected chi connectivity index (χ2v) is 10.5. The molecule has 0 aliphatic carbocycles. The highest BCUT2D eigenvalue weighted by Crippen LogP contribution is 2.37. The topological polar surface area (TPSA) is 258 Å². The first-order valence-corrected chi connectivity index (χ1v) is 13.8. The van der Waals surface area contributed by atoms with Crippen molar-refractivity contribution in [3.63, 3.8) is 0 Å². The average Bonchev–Trinajstić information content (AvgIpc) is 3.00. The summed E-state index contributed by atoms with van der Waals surface area (Å²) >= 11 is 0. The van der Waals surface area contributed by atoms with Gasteiger partial charge in [0, 0.05) is 17.9 Å². The maximum atomic E-state index is 13.1. The molecule has 16 nitrogen and oxygen atoms in total. The highest BCUT2D eigenvalue weighted by atomic mass is 16.8. The number of nitrogens with one attached hydrogen (secondary N) is 1. The largest absolute Gasteiger partial charge is 0.477 e. The number of esters is 1. The average molecular weight is 631 g/mol. The number of aliphatic hydroxyl groups excluding tert-OH is 6. The first kappa shape index (κ1) is 35.5. The molecule has 44 heavy (non-hydrogen) atoms. The second-order valence-electron chi connectivity index (χ2n) is 10.5. The van der Waals surface area contributed by atoms with Gasteiger partial charge >= 0.3 is 11.9 Å². The number of aliphatic carboxylic acids is 1. The van der Waals surface area contributed by atoms with Gasteiger partial charge in [-0.2, -0.15) is 0 Å². The van der Waals surface area contributed by atoms with Gasteiger partial charge in [-0.1, -0.05) is 18.2 Å². The lowest BCUT2D eigenvalue weighted by atomic mass is 9.83. The quantitative estimate of drug-likeness (QED) is 0.0492. The van der Waals surface area contributed by atoms with Crippen LogP contribution in [0.15, 0.2) is 60.1 Å². The summed E-state index contributed by atoms with van der Waals surface area (Å²) in [7, 11) is 0. The number of quaternary nitrogens is 1. The van der Waals surface area contributed by atoms with Gasteiger partial charge in [-0.05, 0) is 6.08 Å². The fourth-order valence-corrected chi connectivity index (χ4v) is 4.88. The number of carbonyl (C=O) groups is 2. The zero-order chi connectivity index (χ0) is 32.6. The molecule has 0 bridgehead atoms. The van der Waals surface area contributed by atoms with E-state index < -0.39 is 79.8 Å². The molecule has 0 amide bonds. The molecule has 1 saturated heterocycles. The maximum Gasteiger partial charge on any atom is 0.341 e. The molecule has 10 N–H and O–H groups in total. The van der Waals surface area contributed by atoms with E-state index in [9.17, 15) is 50.4 Å². The first-order chi connectivity index (χ1) is 20.9. The predicted octanol–water partition coefficient (Wildman–Crippen LogP) is -4.59. The number of ether oxygens (including phenoxy) is 4.